The normalized spacial score (nSPS) is 12.7. The van der Waals surface area contributed by atoms with E-state index in [-0.39, 0.29) is 17.5 Å². The molecule has 0 N–H and O–H groups in total. The van der Waals surface area contributed by atoms with Gasteiger partial charge < -0.3 is 9.80 Å². The maximum Gasteiger partial charge on any atom is 0.252 e. The SMILES string of the molecule is CC(C)(C)c1ccc(N2c3cc(-c4nc(-c5cc(-c6ccccc6)cc(-c6ccccc6)c5)nc(-c5cc(-c6ccccc6)cc(-c6ccccc6)c5)n4)cc4c3B(c3ccc5cc6ccccc6cc5c32)c2ccc3cc5ccccc5cc3c2N4c2ccc(C(C)(C)C)cc2)cc1. The third-order valence-corrected chi connectivity index (χ3v) is 20.4. The van der Waals surface area contributed by atoms with Crippen molar-refractivity contribution in [1.29, 1.82) is 0 Å². The number of anilines is 6. The van der Waals surface area contributed by atoms with Crippen LogP contribution in [0.4, 0.5) is 34.1 Å². The second-order valence-electron chi connectivity index (χ2n) is 28.8. The van der Waals surface area contributed by atoms with E-state index in [2.05, 4.69) is 367 Å². The van der Waals surface area contributed by atoms with Gasteiger partial charge in [-0.05, 0) is 212 Å². The highest BCUT2D eigenvalue weighted by Gasteiger charge is 2.45. The molecule has 0 amide bonds. The van der Waals surface area contributed by atoms with Gasteiger partial charge in [-0.3, -0.25) is 0 Å². The molecule has 15 aromatic carbocycles. The van der Waals surface area contributed by atoms with Gasteiger partial charge in [-0.2, -0.15) is 0 Å². The number of benzene rings is 15. The largest absolute Gasteiger partial charge is 0.311 e. The topological polar surface area (TPSA) is 45.2 Å². The van der Waals surface area contributed by atoms with E-state index >= 15 is 0 Å². The monoisotopic (exact) mass is 1270 g/mol. The van der Waals surface area contributed by atoms with Gasteiger partial charge >= 0.3 is 0 Å². The summed E-state index contributed by atoms with van der Waals surface area (Å²) in [5, 5.41) is 9.52. The number of rotatable bonds is 9. The maximum absolute atomic E-state index is 5.86. The Labute approximate surface area is 579 Å². The van der Waals surface area contributed by atoms with E-state index < -0.39 is 0 Å². The molecule has 0 atom stereocenters. The third kappa shape index (κ3) is 10.5. The minimum atomic E-state index is -0.199. The van der Waals surface area contributed by atoms with Gasteiger partial charge in [0, 0.05) is 61.6 Å². The van der Waals surface area contributed by atoms with Crippen LogP contribution in [-0.2, 0) is 10.8 Å². The second-order valence-corrected chi connectivity index (χ2v) is 28.8. The first-order valence-corrected chi connectivity index (χ1v) is 34.5. The molecule has 0 spiro atoms. The van der Waals surface area contributed by atoms with Crippen LogP contribution in [0.25, 0.3) is 122 Å². The van der Waals surface area contributed by atoms with Crippen molar-refractivity contribution < 1.29 is 0 Å². The van der Waals surface area contributed by atoms with Crippen LogP contribution in [0, 0.1) is 0 Å². The molecule has 0 saturated carbocycles. The van der Waals surface area contributed by atoms with Gasteiger partial charge in [0.15, 0.2) is 17.5 Å². The van der Waals surface area contributed by atoms with Crippen LogP contribution in [0.3, 0.4) is 0 Å². The minimum absolute atomic E-state index is 0.0754. The molecule has 2 aliphatic heterocycles. The van der Waals surface area contributed by atoms with Crippen LogP contribution >= 0.6 is 0 Å². The molecule has 6 heteroatoms. The zero-order valence-corrected chi connectivity index (χ0v) is 56.3. The van der Waals surface area contributed by atoms with Crippen molar-refractivity contribution in [1.82, 2.24) is 15.0 Å². The van der Waals surface area contributed by atoms with E-state index in [4.69, 9.17) is 15.0 Å². The average Bonchev–Trinajstić information content (AvgIpc) is 0.685. The Hall–Kier alpha value is -12.0. The first-order chi connectivity index (χ1) is 48.3. The Bertz CT molecular complexity index is 5390. The predicted molar refractivity (Wildman–Crippen MR) is 419 cm³/mol. The van der Waals surface area contributed by atoms with Crippen molar-refractivity contribution >= 4 is 100 Å². The summed E-state index contributed by atoms with van der Waals surface area (Å²) in [5.74, 6) is 1.69. The van der Waals surface area contributed by atoms with Gasteiger partial charge in [0.05, 0.1) is 0 Å². The Morgan fingerprint density at radius 1 is 0.253 bits per heavy atom. The molecule has 0 fully saturated rings. The molecule has 5 nitrogen and oxygen atoms in total. The van der Waals surface area contributed by atoms with Crippen molar-refractivity contribution in [2.24, 2.45) is 0 Å². The summed E-state index contributed by atoms with van der Waals surface area (Å²) in [5.41, 5.74) is 23.9. The molecule has 0 bridgehead atoms. The van der Waals surface area contributed by atoms with E-state index in [1.54, 1.807) is 0 Å². The lowest BCUT2D eigenvalue weighted by molar-refractivity contribution is 0.590. The number of fused-ring (bicyclic) bond motifs is 10. The lowest BCUT2D eigenvalue weighted by Crippen LogP contribution is -2.61. The Morgan fingerprint density at radius 3 is 0.869 bits per heavy atom. The molecule has 0 aliphatic carbocycles. The van der Waals surface area contributed by atoms with Crippen molar-refractivity contribution in [3.8, 4) is 78.7 Å². The van der Waals surface area contributed by atoms with Crippen LogP contribution in [0.2, 0.25) is 0 Å². The minimum Gasteiger partial charge on any atom is -0.311 e. The molecular formula is C93H70BN5. The summed E-state index contributed by atoms with van der Waals surface area (Å²) in [6.45, 7) is 13.6. The standard InChI is InChI=1S/C93H70BN5/c1-92(2,3)76-37-41-78(42-38-76)98-84-57-75(91-96-89(73-51-69(59-23-11-7-12-24-59)49-70(52-73)60-25-13-8-14-26-60)95-90(97-91)74-53-71(61-27-15-9-16-28-61)50-72(54-74)62-29-17-10-18-30-62)58-85-86(84)94(82-45-35-67-47-63-31-19-21-33-65(63)55-80(67)87(82)98)83-46-36-68-48-64-32-20-22-34-66(64)56-81(68)88(83)99(85)79-43-39-77(40-44-79)93(4,5)6/h7-58H,1-6H3. The van der Waals surface area contributed by atoms with Crippen molar-refractivity contribution in [3.05, 3.63) is 327 Å². The Balaban J connectivity index is 0.982. The van der Waals surface area contributed by atoms with Crippen LogP contribution in [0.15, 0.2) is 315 Å². The summed E-state index contributed by atoms with van der Waals surface area (Å²) in [6.07, 6.45) is 0. The zero-order valence-electron chi connectivity index (χ0n) is 56.3. The summed E-state index contributed by atoms with van der Waals surface area (Å²) in [6, 6.07) is 117. The van der Waals surface area contributed by atoms with Crippen LogP contribution < -0.4 is 26.2 Å². The molecule has 2 aliphatic rings. The van der Waals surface area contributed by atoms with E-state index in [1.807, 2.05) is 0 Å². The highest BCUT2D eigenvalue weighted by Crippen LogP contribution is 2.51. The molecule has 0 radical (unpaired) electrons. The van der Waals surface area contributed by atoms with E-state index in [0.717, 1.165) is 95.3 Å². The molecular weight excluding hydrogens is 1200 g/mol. The fraction of sp³-hybridized carbons (Fsp3) is 0.0860. The number of nitrogens with zero attached hydrogens (tertiary/aromatic N) is 5. The van der Waals surface area contributed by atoms with Crippen LogP contribution in [0.5, 0.6) is 0 Å². The quantitative estimate of drug-likeness (QED) is 0.106. The molecule has 16 aromatic rings. The third-order valence-electron chi connectivity index (χ3n) is 20.4. The van der Waals surface area contributed by atoms with E-state index in [0.29, 0.717) is 17.5 Å². The molecule has 3 heterocycles. The number of hydrogen-bond donors (Lipinski definition) is 0. The molecule has 0 saturated heterocycles. The molecule has 99 heavy (non-hydrogen) atoms. The molecule has 0 unspecified atom stereocenters. The number of hydrogen-bond acceptors (Lipinski definition) is 5. The van der Waals surface area contributed by atoms with Gasteiger partial charge in [0.25, 0.3) is 6.71 Å². The summed E-state index contributed by atoms with van der Waals surface area (Å²) in [7, 11) is 0. The predicted octanol–water partition coefficient (Wildman–Crippen LogP) is 22.8. The fourth-order valence-corrected chi connectivity index (χ4v) is 15.4. The van der Waals surface area contributed by atoms with Crippen LogP contribution in [0.1, 0.15) is 52.7 Å². The first-order valence-electron chi connectivity index (χ1n) is 34.5. The Morgan fingerprint density at radius 2 is 0.545 bits per heavy atom. The van der Waals surface area contributed by atoms with Crippen LogP contribution in [-0.4, -0.2) is 21.7 Å². The fourth-order valence-electron chi connectivity index (χ4n) is 15.4. The molecule has 1 aromatic heterocycles. The summed E-state index contributed by atoms with van der Waals surface area (Å²) in [4.78, 5) is 22.6. The highest BCUT2D eigenvalue weighted by molar-refractivity contribution is 7.00. The second kappa shape index (κ2) is 23.4. The van der Waals surface area contributed by atoms with Crippen molar-refractivity contribution in [3.63, 3.8) is 0 Å². The zero-order chi connectivity index (χ0) is 66.7. The van der Waals surface area contributed by atoms with E-state index in [1.165, 1.54) is 70.6 Å². The molecule has 18 rings (SSSR count). The van der Waals surface area contributed by atoms with Gasteiger partial charge in [-0.1, -0.05) is 260 Å². The molecule has 470 valence electrons. The van der Waals surface area contributed by atoms with Crippen molar-refractivity contribution in [2.45, 2.75) is 52.4 Å². The van der Waals surface area contributed by atoms with Gasteiger partial charge in [0.2, 0.25) is 0 Å². The maximum atomic E-state index is 5.86. The van der Waals surface area contributed by atoms with Gasteiger partial charge in [-0.15, -0.1) is 0 Å². The average molecular weight is 1270 g/mol. The number of aromatic nitrogens is 3. The van der Waals surface area contributed by atoms with Crippen molar-refractivity contribution in [2.75, 3.05) is 9.80 Å². The smallest absolute Gasteiger partial charge is 0.252 e. The Kier molecular flexibility index (Phi) is 14.1. The summed E-state index contributed by atoms with van der Waals surface area (Å²) < 4.78 is 0. The van der Waals surface area contributed by atoms with E-state index in [9.17, 15) is 0 Å². The lowest BCUT2D eigenvalue weighted by Gasteiger charge is -2.45. The van der Waals surface area contributed by atoms with Gasteiger partial charge in [-0.25, -0.2) is 15.0 Å². The summed E-state index contributed by atoms with van der Waals surface area (Å²) >= 11 is 0. The van der Waals surface area contributed by atoms with Gasteiger partial charge in [0.1, 0.15) is 0 Å². The highest BCUT2D eigenvalue weighted by atomic mass is 15.2. The first kappa shape index (κ1) is 59.5. The lowest BCUT2D eigenvalue weighted by atomic mass is 9.33.